The van der Waals surface area contributed by atoms with Gasteiger partial charge in [0.05, 0.1) is 6.33 Å². The monoisotopic (exact) mass is 339 g/mol. The Kier molecular flexibility index (Phi) is 5.83. The molecule has 2 aromatic carbocycles. The van der Waals surface area contributed by atoms with Crippen LogP contribution in [0.4, 0.5) is 4.39 Å². The maximum atomic E-state index is 12.6. The van der Waals surface area contributed by atoms with Crippen LogP contribution in [-0.4, -0.2) is 11.6 Å². The number of hydrogen-bond donors (Lipinski definition) is 0. The van der Waals surface area contributed by atoms with Crippen LogP contribution < -0.4 is 4.74 Å². The molecule has 0 atom stereocenters. The summed E-state index contributed by atoms with van der Waals surface area (Å²) in [6, 6.07) is 15.9. The number of nitrogens with zero attached hydrogens (tertiary/aromatic N) is 1. The summed E-state index contributed by atoms with van der Waals surface area (Å²) in [7, 11) is 0. The third-order valence-electron chi connectivity index (χ3n) is 4.14. The van der Waals surface area contributed by atoms with Crippen molar-refractivity contribution < 1.29 is 13.5 Å². The van der Waals surface area contributed by atoms with Crippen LogP contribution in [0.5, 0.6) is 5.75 Å². The lowest BCUT2D eigenvalue weighted by Gasteiger charge is -2.06. The Morgan fingerprint density at radius 3 is 2.76 bits per heavy atom. The molecular weight excluding hydrogens is 317 g/mol. The standard InChI is InChI=1S/C21H22FNO2/c1-2-16(14-22)15-24-18-11-12-19-20(13-18)25-21(23-19)10-6-9-17-7-4-3-5-8-17/h3-5,7-8,11-14H,2,6,9-10,15H2,1H3/b16-14+. The molecule has 3 aromatic rings. The van der Waals surface area contributed by atoms with Gasteiger partial charge in [-0.15, -0.1) is 0 Å². The largest absolute Gasteiger partial charge is 0.489 e. The van der Waals surface area contributed by atoms with Crippen molar-refractivity contribution in [2.24, 2.45) is 0 Å². The Balaban J connectivity index is 1.60. The summed E-state index contributed by atoms with van der Waals surface area (Å²) in [5.41, 5.74) is 3.47. The average molecular weight is 339 g/mol. The zero-order chi connectivity index (χ0) is 17.5. The van der Waals surface area contributed by atoms with Crippen molar-refractivity contribution in [3.05, 3.63) is 71.9 Å². The molecule has 0 saturated carbocycles. The van der Waals surface area contributed by atoms with Crippen molar-refractivity contribution in [3.8, 4) is 5.75 Å². The summed E-state index contributed by atoms with van der Waals surface area (Å²) in [6.07, 6.45) is 4.03. The highest BCUT2D eigenvalue weighted by Crippen LogP contribution is 2.23. The molecule has 0 fully saturated rings. The number of oxazole rings is 1. The Bertz CT molecular complexity index is 839. The fourth-order valence-corrected chi connectivity index (χ4v) is 2.62. The third kappa shape index (κ3) is 4.69. The van der Waals surface area contributed by atoms with Gasteiger partial charge >= 0.3 is 0 Å². The van der Waals surface area contributed by atoms with Crippen molar-refractivity contribution in [1.82, 2.24) is 4.98 Å². The Labute approximate surface area is 147 Å². The summed E-state index contributed by atoms with van der Waals surface area (Å²) >= 11 is 0. The van der Waals surface area contributed by atoms with Gasteiger partial charge in [-0.2, -0.15) is 0 Å². The predicted octanol–water partition coefficient (Wildman–Crippen LogP) is 5.65. The molecule has 0 aliphatic heterocycles. The first-order valence-electron chi connectivity index (χ1n) is 8.63. The number of ether oxygens (including phenoxy) is 1. The van der Waals surface area contributed by atoms with Crippen LogP contribution in [-0.2, 0) is 12.8 Å². The first-order valence-corrected chi connectivity index (χ1v) is 8.63. The van der Waals surface area contributed by atoms with Gasteiger partial charge in [-0.05, 0) is 42.5 Å². The molecule has 1 heterocycles. The van der Waals surface area contributed by atoms with E-state index in [-0.39, 0.29) is 6.61 Å². The van der Waals surface area contributed by atoms with E-state index < -0.39 is 0 Å². The molecule has 0 bridgehead atoms. The minimum Gasteiger partial charge on any atom is -0.489 e. The van der Waals surface area contributed by atoms with Gasteiger partial charge in [0.1, 0.15) is 17.9 Å². The maximum Gasteiger partial charge on any atom is 0.195 e. The van der Waals surface area contributed by atoms with Crippen LogP contribution in [0.2, 0.25) is 0 Å². The van der Waals surface area contributed by atoms with Crippen molar-refractivity contribution in [2.45, 2.75) is 32.6 Å². The van der Waals surface area contributed by atoms with E-state index in [4.69, 9.17) is 9.15 Å². The van der Waals surface area contributed by atoms with Crippen molar-refractivity contribution in [3.63, 3.8) is 0 Å². The lowest BCUT2D eigenvalue weighted by Crippen LogP contribution is -1.99. The van der Waals surface area contributed by atoms with Crippen LogP contribution in [0.1, 0.15) is 31.2 Å². The number of fused-ring (bicyclic) bond motifs is 1. The van der Waals surface area contributed by atoms with E-state index in [0.29, 0.717) is 29.7 Å². The summed E-state index contributed by atoms with van der Waals surface area (Å²) < 4.78 is 24.0. The van der Waals surface area contributed by atoms with E-state index in [1.54, 1.807) is 0 Å². The second kappa shape index (κ2) is 8.47. The first kappa shape index (κ1) is 17.2. The van der Waals surface area contributed by atoms with Crippen molar-refractivity contribution in [2.75, 3.05) is 6.61 Å². The smallest absolute Gasteiger partial charge is 0.195 e. The van der Waals surface area contributed by atoms with E-state index in [9.17, 15) is 4.39 Å². The van der Waals surface area contributed by atoms with Crippen LogP contribution in [0.3, 0.4) is 0 Å². The molecule has 25 heavy (non-hydrogen) atoms. The zero-order valence-corrected chi connectivity index (χ0v) is 14.4. The predicted molar refractivity (Wildman–Crippen MR) is 97.5 cm³/mol. The number of aromatic nitrogens is 1. The number of hydrogen-bond acceptors (Lipinski definition) is 3. The highest BCUT2D eigenvalue weighted by molar-refractivity contribution is 5.74. The van der Waals surface area contributed by atoms with Crippen LogP contribution in [0, 0.1) is 0 Å². The molecule has 0 spiro atoms. The van der Waals surface area contributed by atoms with Crippen molar-refractivity contribution >= 4 is 11.1 Å². The van der Waals surface area contributed by atoms with Crippen LogP contribution in [0.15, 0.2) is 64.9 Å². The molecular formula is C21H22FNO2. The molecule has 0 aliphatic carbocycles. The summed E-state index contributed by atoms with van der Waals surface area (Å²) in [6.45, 7) is 2.15. The molecule has 0 amide bonds. The molecule has 4 heteroatoms. The number of benzene rings is 2. The van der Waals surface area contributed by atoms with E-state index in [2.05, 4.69) is 29.2 Å². The van der Waals surface area contributed by atoms with E-state index >= 15 is 0 Å². The maximum absolute atomic E-state index is 12.6. The molecule has 130 valence electrons. The van der Waals surface area contributed by atoms with Gasteiger partial charge in [0, 0.05) is 12.5 Å². The average Bonchev–Trinajstić information content (AvgIpc) is 3.05. The minimum atomic E-state index is 0.247. The summed E-state index contributed by atoms with van der Waals surface area (Å²) in [5, 5.41) is 0. The second-order valence-electron chi connectivity index (χ2n) is 5.99. The molecule has 0 aliphatic rings. The normalized spacial score (nSPS) is 11.8. The van der Waals surface area contributed by atoms with Crippen LogP contribution in [0.25, 0.3) is 11.1 Å². The van der Waals surface area contributed by atoms with Gasteiger partial charge in [0.25, 0.3) is 0 Å². The highest BCUT2D eigenvalue weighted by Gasteiger charge is 2.08. The number of rotatable bonds is 8. The molecule has 0 unspecified atom stereocenters. The number of halogens is 1. The second-order valence-corrected chi connectivity index (χ2v) is 5.99. The Morgan fingerprint density at radius 2 is 2.00 bits per heavy atom. The van der Waals surface area contributed by atoms with Gasteiger partial charge in [-0.3, -0.25) is 0 Å². The molecule has 1 aromatic heterocycles. The Morgan fingerprint density at radius 1 is 1.16 bits per heavy atom. The lowest BCUT2D eigenvalue weighted by atomic mass is 10.1. The van der Waals surface area contributed by atoms with E-state index in [1.807, 2.05) is 31.2 Å². The molecule has 0 N–H and O–H groups in total. The quantitative estimate of drug-likeness (QED) is 0.532. The summed E-state index contributed by atoms with van der Waals surface area (Å²) in [4.78, 5) is 4.52. The molecule has 3 rings (SSSR count). The van der Waals surface area contributed by atoms with Crippen LogP contribution >= 0.6 is 0 Å². The Hall–Kier alpha value is -2.62. The van der Waals surface area contributed by atoms with Gasteiger partial charge in [-0.25, -0.2) is 9.37 Å². The minimum absolute atomic E-state index is 0.247. The SMILES string of the molecule is CC/C(=C\F)COc1ccc2nc(CCCc3ccccc3)oc2c1. The third-order valence-corrected chi connectivity index (χ3v) is 4.14. The summed E-state index contributed by atoms with van der Waals surface area (Å²) in [5.74, 6) is 1.40. The van der Waals surface area contributed by atoms with Gasteiger partial charge in [0.2, 0.25) is 0 Å². The van der Waals surface area contributed by atoms with Crippen molar-refractivity contribution in [1.29, 1.82) is 0 Å². The zero-order valence-electron chi connectivity index (χ0n) is 14.4. The molecule has 0 saturated heterocycles. The molecule has 3 nitrogen and oxygen atoms in total. The van der Waals surface area contributed by atoms with E-state index in [1.165, 1.54) is 5.56 Å². The van der Waals surface area contributed by atoms with Gasteiger partial charge in [-0.1, -0.05) is 37.3 Å². The van der Waals surface area contributed by atoms with E-state index in [0.717, 1.165) is 30.7 Å². The first-order chi connectivity index (χ1) is 12.3. The fourth-order valence-electron chi connectivity index (χ4n) is 2.62. The fraction of sp³-hybridized carbons (Fsp3) is 0.286. The topological polar surface area (TPSA) is 35.3 Å². The van der Waals surface area contributed by atoms with Gasteiger partial charge < -0.3 is 9.15 Å². The lowest BCUT2D eigenvalue weighted by molar-refractivity contribution is 0.345. The number of aryl methyl sites for hydroxylation is 2. The van der Waals surface area contributed by atoms with Gasteiger partial charge in [0.15, 0.2) is 11.5 Å². The highest BCUT2D eigenvalue weighted by atomic mass is 19.1. The molecule has 0 radical (unpaired) electrons.